The molecule has 0 radical (unpaired) electrons. The van der Waals surface area contributed by atoms with E-state index in [2.05, 4.69) is 17.6 Å². The van der Waals surface area contributed by atoms with Gasteiger partial charge in [-0.1, -0.05) is 31.9 Å². The third-order valence-corrected chi connectivity index (χ3v) is 2.75. The maximum Gasteiger partial charge on any atom is 0.312 e. The number of hydrogen-bond acceptors (Lipinski definition) is 2. The van der Waals surface area contributed by atoms with Gasteiger partial charge in [0.25, 0.3) is 5.91 Å². The Bertz CT molecular complexity index is 415. The Morgan fingerprint density at radius 1 is 1.11 bits per heavy atom. The van der Waals surface area contributed by atoms with Crippen LogP contribution in [-0.2, 0) is 6.54 Å². The van der Waals surface area contributed by atoms with E-state index in [1.54, 1.807) is 24.3 Å². The molecule has 1 rings (SSSR count). The number of unbranched alkanes of at least 4 members (excludes halogenated alkanes) is 2. The van der Waals surface area contributed by atoms with Gasteiger partial charge in [-0.15, -0.1) is 0 Å². The number of benzene rings is 1. The van der Waals surface area contributed by atoms with Gasteiger partial charge >= 0.3 is 6.03 Å². The zero-order chi connectivity index (χ0) is 14.1. The molecule has 0 saturated carbocycles. The molecule has 0 spiro atoms. The predicted octanol–water partition coefficient (Wildman–Crippen LogP) is 1.77. The lowest BCUT2D eigenvalue weighted by atomic mass is 10.1. The largest absolute Gasteiger partial charge is 0.352 e. The van der Waals surface area contributed by atoms with Crippen LogP contribution in [0, 0.1) is 0 Å². The van der Waals surface area contributed by atoms with E-state index in [9.17, 15) is 9.59 Å². The SMILES string of the molecule is CCCCCNC(=O)c1ccc(CNC(N)=O)cc1. The Balaban J connectivity index is 2.42. The Labute approximate surface area is 113 Å². The Hall–Kier alpha value is -2.04. The molecule has 0 aromatic heterocycles. The quantitative estimate of drug-likeness (QED) is 0.655. The van der Waals surface area contributed by atoms with E-state index in [4.69, 9.17) is 5.73 Å². The first kappa shape index (κ1) is 15.0. The van der Waals surface area contributed by atoms with Crippen molar-refractivity contribution in [2.75, 3.05) is 6.54 Å². The highest BCUT2D eigenvalue weighted by Gasteiger charge is 2.04. The highest BCUT2D eigenvalue weighted by molar-refractivity contribution is 5.94. The second-order valence-electron chi connectivity index (χ2n) is 4.38. The lowest BCUT2D eigenvalue weighted by Gasteiger charge is -2.06. The molecular formula is C14H21N3O2. The fraction of sp³-hybridized carbons (Fsp3) is 0.429. The Morgan fingerprint density at radius 2 is 1.79 bits per heavy atom. The van der Waals surface area contributed by atoms with Crippen molar-refractivity contribution in [3.05, 3.63) is 35.4 Å². The van der Waals surface area contributed by atoms with Gasteiger partial charge < -0.3 is 16.4 Å². The molecule has 5 nitrogen and oxygen atoms in total. The van der Waals surface area contributed by atoms with Crippen molar-refractivity contribution in [2.24, 2.45) is 5.73 Å². The van der Waals surface area contributed by atoms with Crippen molar-refractivity contribution < 1.29 is 9.59 Å². The van der Waals surface area contributed by atoms with Gasteiger partial charge in [-0.25, -0.2) is 4.79 Å². The van der Waals surface area contributed by atoms with Gasteiger partial charge in [-0.2, -0.15) is 0 Å². The summed E-state index contributed by atoms with van der Waals surface area (Å²) in [6, 6.07) is 6.53. The number of amides is 3. The van der Waals surface area contributed by atoms with E-state index in [0.29, 0.717) is 18.7 Å². The molecule has 0 aliphatic carbocycles. The van der Waals surface area contributed by atoms with Crippen LogP contribution < -0.4 is 16.4 Å². The molecular weight excluding hydrogens is 242 g/mol. The lowest BCUT2D eigenvalue weighted by Crippen LogP contribution is -2.28. The van der Waals surface area contributed by atoms with Crippen LogP contribution in [0.15, 0.2) is 24.3 Å². The summed E-state index contributed by atoms with van der Waals surface area (Å²) in [5, 5.41) is 5.37. The van der Waals surface area contributed by atoms with Gasteiger partial charge in [-0.05, 0) is 24.1 Å². The molecule has 1 aromatic rings. The molecule has 0 bridgehead atoms. The highest BCUT2D eigenvalue weighted by atomic mass is 16.2. The third kappa shape index (κ3) is 5.90. The van der Waals surface area contributed by atoms with Crippen LogP contribution in [-0.4, -0.2) is 18.5 Å². The fourth-order valence-electron chi connectivity index (χ4n) is 1.64. The number of nitrogens with one attached hydrogen (secondary N) is 2. The van der Waals surface area contributed by atoms with Crippen LogP contribution in [0.4, 0.5) is 4.79 Å². The second kappa shape index (κ2) is 8.13. The lowest BCUT2D eigenvalue weighted by molar-refractivity contribution is 0.0953. The molecule has 0 saturated heterocycles. The van der Waals surface area contributed by atoms with Crippen molar-refractivity contribution in [3.63, 3.8) is 0 Å². The standard InChI is InChI=1S/C14H21N3O2/c1-2-3-4-9-16-13(18)12-7-5-11(6-8-12)10-17-14(15)19/h5-8H,2-4,9-10H2,1H3,(H,16,18)(H3,15,17,19). The molecule has 0 heterocycles. The average Bonchev–Trinajstić information content (AvgIpc) is 2.41. The van der Waals surface area contributed by atoms with E-state index >= 15 is 0 Å². The maximum atomic E-state index is 11.8. The van der Waals surface area contributed by atoms with Gasteiger partial charge in [0.1, 0.15) is 0 Å². The normalized spacial score (nSPS) is 9.95. The van der Waals surface area contributed by atoms with Crippen molar-refractivity contribution in [2.45, 2.75) is 32.7 Å². The van der Waals surface area contributed by atoms with Gasteiger partial charge in [0.05, 0.1) is 0 Å². The number of rotatable bonds is 7. The fourth-order valence-corrected chi connectivity index (χ4v) is 1.64. The summed E-state index contributed by atoms with van der Waals surface area (Å²) in [5.74, 6) is -0.0643. The van der Waals surface area contributed by atoms with Gasteiger partial charge in [-0.3, -0.25) is 4.79 Å². The summed E-state index contributed by atoms with van der Waals surface area (Å²) >= 11 is 0. The van der Waals surface area contributed by atoms with Crippen LogP contribution in [0.3, 0.4) is 0 Å². The Kier molecular flexibility index (Phi) is 6.43. The first-order chi connectivity index (χ1) is 9.13. The summed E-state index contributed by atoms with van der Waals surface area (Å²) in [4.78, 5) is 22.4. The molecule has 3 amide bonds. The summed E-state index contributed by atoms with van der Waals surface area (Å²) in [6.07, 6.45) is 3.26. The summed E-state index contributed by atoms with van der Waals surface area (Å²) < 4.78 is 0. The minimum absolute atomic E-state index is 0.0643. The van der Waals surface area contributed by atoms with E-state index < -0.39 is 6.03 Å². The van der Waals surface area contributed by atoms with E-state index in [-0.39, 0.29) is 5.91 Å². The molecule has 19 heavy (non-hydrogen) atoms. The smallest absolute Gasteiger partial charge is 0.312 e. The van der Waals surface area contributed by atoms with E-state index in [0.717, 1.165) is 24.8 Å². The minimum atomic E-state index is -0.558. The number of carbonyl (C=O) groups excluding carboxylic acids is 2. The molecule has 5 heteroatoms. The summed E-state index contributed by atoms with van der Waals surface area (Å²) in [6.45, 7) is 3.20. The molecule has 104 valence electrons. The van der Waals surface area contributed by atoms with Crippen LogP contribution in [0.25, 0.3) is 0 Å². The average molecular weight is 263 g/mol. The van der Waals surface area contributed by atoms with Crippen LogP contribution >= 0.6 is 0 Å². The number of primary amides is 1. The van der Waals surface area contributed by atoms with Crippen LogP contribution in [0.5, 0.6) is 0 Å². The van der Waals surface area contributed by atoms with Crippen molar-refractivity contribution >= 4 is 11.9 Å². The zero-order valence-corrected chi connectivity index (χ0v) is 11.2. The minimum Gasteiger partial charge on any atom is -0.352 e. The number of urea groups is 1. The molecule has 0 atom stereocenters. The van der Waals surface area contributed by atoms with Crippen LogP contribution in [0.1, 0.15) is 42.1 Å². The van der Waals surface area contributed by atoms with Gasteiger partial charge in [0, 0.05) is 18.7 Å². The topological polar surface area (TPSA) is 84.2 Å². The number of carbonyl (C=O) groups is 2. The van der Waals surface area contributed by atoms with Crippen molar-refractivity contribution in [1.29, 1.82) is 0 Å². The van der Waals surface area contributed by atoms with E-state index in [1.807, 2.05) is 0 Å². The molecule has 0 aliphatic rings. The monoisotopic (exact) mass is 263 g/mol. The number of nitrogens with two attached hydrogens (primary N) is 1. The zero-order valence-electron chi connectivity index (χ0n) is 11.2. The molecule has 0 unspecified atom stereocenters. The van der Waals surface area contributed by atoms with Crippen molar-refractivity contribution in [3.8, 4) is 0 Å². The highest BCUT2D eigenvalue weighted by Crippen LogP contribution is 2.04. The molecule has 1 aromatic carbocycles. The maximum absolute atomic E-state index is 11.8. The third-order valence-electron chi connectivity index (χ3n) is 2.75. The van der Waals surface area contributed by atoms with Crippen LogP contribution in [0.2, 0.25) is 0 Å². The van der Waals surface area contributed by atoms with Crippen molar-refractivity contribution in [1.82, 2.24) is 10.6 Å². The first-order valence-corrected chi connectivity index (χ1v) is 6.54. The molecule has 0 fully saturated rings. The summed E-state index contributed by atoms with van der Waals surface area (Å²) in [7, 11) is 0. The molecule has 0 aliphatic heterocycles. The number of hydrogen-bond donors (Lipinski definition) is 3. The second-order valence-corrected chi connectivity index (χ2v) is 4.38. The summed E-state index contributed by atoms with van der Waals surface area (Å²) in [5.41, 5.74) is 6.51. The predicted molar refractivity (Wildman–Crippen MR) is 74.7 cm³/mol. The van der Waals surface area contributed by atoms with Gasteiger partial charge in [0.2, 0.25) is 0 Å². The van der Waals surface area contributed by atoms with Gasteiger partial charge in [0.15, 0.2) is 0 Å². The first-order valence-electron chi connectivity index (χ1n) is 6.54. The Morgan fingerprint density at radius 3 is 2.37 bits per heavy atom. The molecule has 4 N–H and O–H groups in total. The van der Waals surface area contributed by atoms with E-state index in [1.165, 1.54) is 0 Å².